The van der Waals surface area contributed by atoms with E-state index >= 15 is 0 Å². The van der Waals surface area contributed by atoms with Gasteiger partial charge in [0, 0.05) is 29.9 Å². The van der Waals surface area contributed by atoms with Crippen molar-refractivity contribution in [3.05, 3.63) is 40.6 Å². The maximum Gasteiger partial charge on any atom is 0.261 e. The number of amides is 1. The largest absolute Gasteiger partial charge is 0.347 e. The number of carbonyl (C=O) groups excluding carboxylic acids is 1. The normalized spacial score (nSPS) is 12.4. The van der Waals surface area contributed by atoms with Crippen LogP contribution in [0.3, 0.4) is 0 Å². The number of hydrogen-bond donors (Lipinski definition) is 1. The molecule has 0 fully saturated rings. The monoisotopic (exact) mass is 249 g/mol. The molecule has 0 bridgehead atoms. The molecule has 1 N–H and O–H groups in total. The third kappa shape index (κ3) is 3.17. The molecule has 1 atom stereocenters. The predicted octanol–water partition coefficient (Wildman–Crippen LogP) is 2.07. The van der Waals surface area contributed by atoms with Crippen molar-refractivity contribution in [3.8, 4) is 0 Å². The number of nitrogens with zero attached hydrogens (tertiary/aromatic N) is 2. The van der Waals surface area contributed by atoms with Crippen molar-refractivity contribution in [2.75, 3.05) is 0 Å². The molecule has 2 aromatic rings. The van der Waals surface area contributed by atoms with Gasteiger partial charge in [-0.15, -0.1) is 11.3 Å². The molecule has 0 aliphatic carbocycles. The number of imidazole rings is 1. The van der Waals surface area contributed by atoms with E-state index in [1.807, 2.05) is 36.7 Å². The molecule has 2 aromatic heterocycles. The van der Waals surface area contributed by atoms with E-state index in [1.165, 1.54) is 11.3 Å². The zero-order valence-electron chi connectivity index (χ0n) is 9.88. The first-order valence-corrected chi connectivity index (χ1v) is 6.30. The van der Waals surface area contributed by atoms with Crippen molar-refractivity contribution in [3.63, 3.8) is 0 Å². The molecule has 0 saturated heterocycles. The Bertz CT molecular complexity index is 490. The molecular weight excluding hydrogens is 234 g/mol. The van der Waals surface area contributed by atoms with Gasteiger partial charge in [0.1, 0.15) is 0 Å². The second kappa shape index (κ2) is 5.14. The van der Waals surface area contributed by atoms with Crippen LogP contribution in [0.15, 0.2) is 30.9 Å². The van der Waals surface area contributed by atoms with Gasteiger partial charge >= 0.3 is 0 Å². The fourth-order valence-electron chi connectivity index (χ4n) is 1.61. The van der Waals surface area contributed by atoms with E-state index in [0.717, 1.165) is 16.3 Å². The minimum atomic E-state index is -0.00397. The second-order valence-corrected chi connectivity index (χ2v) is 5.33. The Morgan fingerprint density at radius 1 is 1.59 bits per heavy atom. The Kier molecular flexibility index (Phi) is 3.58. The van der Waals surface area contributed by atoms with Crippen molar-refractivity contribution in [1.82, 2.24) is 14.9 Å². The summed E-state index contributed by atoms with van der Waals surface area (Å²) < 4.78 is 1.95. The number of rotatable bonds is 4. The molecule has 17 heavy (non-hydrogen) atoms. The quantitative estimate of drug-likeness (QED) is 0.901. The van der Waals surface area contributed by atoms with Gasteiger partial charge in [-0.05, 0) is 26.0 Å². The van der Waals surface area contributed by atoms with Crippen LogP contribution in [-0.2, 0) is 6.54 Å². The van der Waals surface area contributed by atoms with Crippen LogP contribution >= 0.6 is 11.3 Å². The third-order valence-corrected chi connectivity index (χ3v) is 3.38. The Hall–Kier alpha value is -1.62. The van der Waals surface area contributed by atoms with E-state index in [9.17, 15) is 4.79 Å². The summed E-state index contributed by atoms with van der Waals surface area (Å²) in [5.41, 5.74) is 0. The molecule has 5 heteroatoms. The van der Waals surface area contributed by atoms with Crippen molar-refractivity contribution >= 4 is 17.2 Å². The molecular formula is C12H15N3OS. The number of nitrogens with one attached hydrogen (secondary N) is 1. The van der Waals surface area contributed by atoms with E-state index in [2.05, 4.69) is 10.3 Å². The number of hydrogen-bond acceptors (Lipinski definition) is 3. The Morgan fingerprint density at radius 2 is 2.41 bits per heavy atom. The van der Waals surface area contributed by atoms with Crippen LogP contribution in [0.1, 0.15) is 21.5 Å². The van der Waals surface area contributed by atoms with Crippen molar-refractivity contribution in [1.29, 1.82) is 0 Å². The van der Waals surface area contributed by atoms with Crippen molar-refractivity contribution < 1.29 is 4.79 Å². The zero-order valence-corrected chi connectivity index (χ0v) is 10.7. The number of aromatic nitrogens is 2. The summed E-state index contributed by atoms with van der Waals surface area (Å²) in [5, 5.41) is 2.97. The van der Waals surface area contributed by atoms with Crippen LogP contribution in [0.5, 0.6) is 0 Å². The lowest BCUT2D eigenvalue weighted by Gasteiger charge is -2.13. The summed E-state index contributed by atoms with van der Waals surface area (Å²) in [6.07, 6.45) is 5.37. The molecule has 2 rings (SSSR count). The average molecular weight is 249 g/mol. The SMILES string of the molecule is Cc1ccc(C(=O)N[C@H](C)Cn2ccnc2)s1. The van der Waals surface area contributed by atoms with E-state index in [1.54, 1.807) is 12.5 Å². The minimum absolute atomic E-state index is 0.00397. The first kappa shape index (κ1) is 11.9. The standard InChI is InChI=1S/C12H15N3OS/c1-9(7-15-6-5-13-8-15)14-12(16)11-4-3-10(2)17-11/h3-6,8-9H,7H2,1-2H3,(H,14,16)/t9-/m1/s1. The summed E-state index contributed by atoms with van der Waals surface area (Å²) in [4.78, 5) is 17.8. The lowest BCUT2D eigenvalue weighted by Crippen LogP contribution is -2.35. The average Bonchev–Trinajstić information content (AvgIpc) is 2.89. The van der Waals surface area contributed by atoms with Crippen molar-refractivity contribution in [2.45, 2.75) is 26.4 Å². The lowest BCUT2D eigenvalue weighted by atomic mass is 10.3. The molecule has 0 aliphatic heterocycles. The van der Waals surface area contributed by atoms with Crippen LogP contribution in [0, 0.1) is 6.92 Å². The summed E-state index contributed by atoms with van der Waals surface area (Å²) in [5.74, 6) is -0.00397. The fourth-order valence-corrected chi connectivity index (χ4v) is 2.38. The maximum atomic E-state index is 11.9. The highest BCUT2D eigenvalue weighted by molar-refractivity contribution is 7.13. The molecule has 0 radical (unpaired) electrons. The van der Waals surface area contributed by atoms with Crippen LogP contribution in [0.2, 0.25) is 0 Å². The highest BCUT2D eigenvalue weighted by Gasteiger charge is 2.11. The topological polar surface area (TPSA) is 46.9 Å². The Balaban J connectivity index is 1.90. The molecule has 0 saturated carbocycles. The Labute approximate surface area is 104 Å². The number of carbonyl (C=O) groups is 1. The maximum absolute atomic E-state index is 11.9. The van der Waals surface area contributed by atoms with Gasteiger partial charge in [-0.2, -0.15) is 0 Å². The van der Waals surface area contributed by atoms with Gasteiger partial charge in [-0.3, -0.25) is 4.79 Å². The molecule has 1 amide bonds. The zero-order chi connectivity index (χ0) is 12.3. The number of thiophene rings is 1. The van der Waals surface area contributed by atoms with Gasteiger partial charge in [0.2, 0.25) is 0 Å². The highest BCUT2D eigenvalue weighted by Crippen LogP contribution is 2.14. The summed E-state index contributed by atoms with van der Waals surface area (Å²) in [7, 11) is 0. The lowest BCUT2D eigenvalue weighted by molar-refractivity contribution is 0.0941. The first-order valence-electron chi connectivity index (χ1n) is 5.48. The molecule has 0 aliphatic rings. The van der Waals surface area contributed by atoms with Crippen LogP contribution in [0.4, 0.5) is 0 Å². The van der Waals surface area contributed by atoms with Gasteiger partial charge in [0.25, 0.3) is 5.91 Å². The van der Waals surface area contributed by atoms with Gasteiger partial charge in [-0.1, -0.05) is 0 Å². The van der Waals surface area contributed by atoms with E-state index in [4.69, 9.17) is 0 Å². The van der Waals surface area contributed by atoms with Gasteiger partial charge in [-0.25, -0.2) is 4.98 Å². The second-order valence-electron chi connectivity index (χ2n) is 4.04. The van der Waals surface area contributed by atoms with Crippen LogP contribution < -0.4 is 5.32 Å². The van der Waals surface area contributed by atoms with E-state index in [0.29, 0.717) is 0 Å². The van der Waals surface area contributed by atoms with Gasteiger partial charge in [0.15, 0.2) is 0 Å². The minimum Gasteiger partial charge on any atom is -0.347 e. The molecule has 0 aromatic carbocycles. The fraction of sp³-hybridized carbons (Fsp3) is 0.333. The molecule has 90 valence electrons. The van der Waals surface area contributed by atoms with Crippen LogP contribution in [-0.4, -0.2) is 21.5 Å². The summed E-state index contributed by atoms with van der Waals surface area (Å²) >= 11 is 1.51. The third-order valence-electron chi connectivity index (χ3n) is 2.39. The molecule has 0 unspecified atom stereocenters. The van der Waals surface area contributed by atoms with Gasteiger partial charge in [0.05, 0.1) is 11.2 Å². The predicted molar refractivity (Wildman–Crippen MR) is 68.2 cm³/mol. The molecule has 2 heterocycles. The van der Waals surface area contributed by atoms with Crippen molar-refractivity contribution in [2.24, 2.45) is 0 Å². The van der Waals surface area contributed by atoms with Gasteiger partial charge < -0.3 is 9.88 Å². The summed E-state index contributed by atoms with van der Waals surface area (Å²) in [6, 6.07) is 3.90. The van der Waals surface area contributed by atoms with E-state index in [-0.39, 0.29) is 11.9 Å². The van der Waals surface area contributed by atoms with Crippen LogP contribution in [0.25, 0.3) is 0 Å². The molecule has 4 nitrogen and oxygen atoms in total. The highest BCUT2D eigenvalue weighted by atomic mass is 32.1. The smallest absolute Gasteiger partial charge is 0.261 e. The number of aryl methyl sites for hydroxylation is 1. The van der Waals surface area contributed by atoms with E-state index < -0.39 is 0 Å². The Morgan fingerprint density at radius 3 is 3.00 bits per heavy atom. The first-order chi connectivity index (χ1) is 8.15. The molecule has 0 spiro atoms. The summed E-state index contributed by atoms with van der Waals surface area (Å²) in [6.45, 7) is 4.71.